The summed E-state index contributed by atoms with van der Waals surface area (Å²) in [5.74, 6) is 0.778. The largest absolute Gasteiger partial charge is 0.494 e. The van der Waals surface area contributed by atoms with Gasteiger partial charge in [-0.25, -0.2) is 5.10 Å². The zero-order valence-corrected chi connectivity index (χ0v) is 14.6. The molecule has 1 aromatic heterocycles. The number of benzene rings is 2. The van der Waals surface area contributed by atoms with Crippen LogP contribution in [0.25, 0.3) is 10.8 Å². The molecule has 1 N–H and O–H groups in total. The lowest BCUT2D eigenvalue weighted by Crippen LogP contribution is -2.30. The van der Waals surface area contributed by atoms with Gasteiger partial charge in [0.1, 0.15) is 5.75 Å². The number of hydrogen-bond donors (Lipinski definition) is 1. The van der Waals surface area contributed by atoms with Crippen LogP contribution in [-0.4, -0.2) is 41.2 Å². The highest BCUT2D eigenvalue weighted by Gasteiger charge is 2.14. The van der Waals surface area contributed by atoms with Gasteiger partial charge in [-0.1, -0.05) is 36.4 Å². The van der Waals surface area contributed by atoms with Crippen LogP contribution in [0.3, 0.4) is 0 Å². The van der Waals surface area contributed by atoms with Gasteiger partial charge in [-0.3, -0.25) is 9.59 Å². The SMILES string of the molecule is CN(CCCOc1ccccc1)C(=O)Cc1n[nH]c(=O)c2ccccc12. The summed E-state index contributed by atoms with van der Waals surface area (Å²) < 4.78 is 5.64. The Hall–Kier alpha value is -3.15. The predicted molar refractivity (Wildman–Crippen MR) is 100 cm³/mol. The molecule has 1 heterocycles. The van der Waals surface area contributed by atoms with Gasteiger partial charge < -0.3 is 9.64 Å². The molecule has 0 atom stereocenters. The molecule has 3 aromatic rings. The van der Waals surface area contributed by atoms with E-state index in [0.29, 0.717) is 29.6 Å². The van der Waals surface area contributed by atoms with Gasteiger partial charge in [-0.2, -0.15) is 5.10 Å². The minimum absolute atomic E-state index is 0.0468. The van der Waals surface area contributed by atoms with E-state index < -0.39 is 0 Å². The first kappa shape index (κ1) is 17.7. The molecule has 0 radical (unpaired) electrons. The Balaban J connectivity index is 1.55. The first-order valence-corrected chi connectivity index (χ1v) is 8.53. The van der Waals surface area contributed by atoms with Gasteiger partial charge in [-0.05, 0) is 24.6 Å². The molecule has 0 unspecified atom stereocenters. The van der Waals surface area contributed by atoms with E-state index in [1.54, 1.807) is 24.1 Å². The minimum Gasteiger partial charge on any atom is -0.494 e. The molecule has 3 rings (SSSR count). The number of para-hydroxylation sites is 1. The van der Waals surface area contributed by atoms with Crippen molar-refractivity contribution in [2.75, 3.05) is 20.2 Å². The maximum atomic E-state index is 12.5. The minimum atomic E-state index is -0.247. The third-order valence-electron chi connectivity index (χ3n) is 4.17. The highest BCUT2D eigenvalue weighted by atomic mass is 16.5. The number of hydrogen-bond acceptors (Lipinski definition) is 4. The average molecular weight is 351 g/mol. The Morgan fingerprint density at radius 1 is 1.08 bits per heavy atom. The summed E-state index contributed by atoms with van der Waals surface area (Å²) in [4.78, 5) is 25.9. The van der Waals surface area contributed by atoms with Crippen LogP contribution in [0.2, 0.25) is 0 Å². The number of ether oxygens (including phenoxy) is 1. The summed E-state index contributed by atoms with van der Waals surface area (Å²) >= 11 is 0. The highest BCUT2D eigenvalue weighted by molar-refractivity contribution is 5.88. The lowest BCUT2D eigenvalue weighted by atomic mass is 10.1. The van der Waals surface area contributed by atoms with Crippen LogP contribution in [0, 0.1) is 0 Å². The molecule has 134 valence electrons. The van der Waals surface area contributed by atoms with E-state index in [1.807, 2.05) is 42.5 Å². The lowest BCUT2D eigenvalue weighted by Gasteiger charge is -2.17. The number of aromatic amines is 1. The van der Waals surface area contributed by atoms with Crippen LogP contribution in [0.5, 0.6) is 5.75 Å². The molecule has 2 aromatic carbocycles. The summed E-state index contributed by atoms with van der Waals surface area (Å²) in [5.41, 5.74) is 0.334. The topological polar surface area (TPSA) is 75.3 Å². The van der Waals surface area contributed by atoms with Crippen LogP contribution in [0.4, 0.5) is 0 Å². The third-order valence-corrected chi connectivity index (χ3v) is 4.17. The molecule has 1 amide bonds. The van der Waals surface area contributed by atoms with Gasteiger partial charge in [0.2, 0.25) is 5.91 Å². The number of rotatable bonds is 7. The van der Waals surface area contributed by atoms with Crippen molar-refractivity contribution in [3.8, 4) is 5.75 Å². The number of fused-ring (bicyclic) bond motifs is 1. The summed E-state index contributed by atoms with van der Waals surface area (Å²) in [7, 11) is 1.76. The molecule has 6 heteroatoms. The smallest absolute Gasteiger partial charge is 0.272 e. The van der Waals surface area contributed by atoms with Crippen LogP contribution in [0.15, 0.2) is 59.4 Å². The number of likely N-dealkylation sites (N-methyl/N-ethyl adjacent to an activating group) is 1. The normalized spacial score (nSPS) is 10.7. The van der Waals surface area contributed by atoms with E-state index in [0.717, 1.165) is 12.2 Å². The van der Waals surface area contributed by atoms with Crippen molar-refractivity contribution in [3.63, 3.8) is 0 Å². The van der Waals surface area contributed by atoms with E-state index in [4.69, 9.17) is 4.74 Å². The van der Waals surface area contributed by atoms with Crippen molar-refractivity contribution < 1.29 is 9.53 Å². The van der Waals surface area contributed by atoms with Crippen molar-refractivity contribution in [2.45, 2.75) is 12.8 Å². The Bertz CT molecular complexity index is 938. The number of H-pyrrole nitrogens is 1. The van der Waals surface area contributed by atoms with Crippen LogP contribution in [0.1, 0.15) is 12.1 Å². The zero-order valence-electron chi connectivity index (χ0n) is 14.6. The molecule has 0 spiro atoms. The first-order valence-electron chi connectivity index (χ1n) is 8.53. The monoisotopic (exact) mass is 351 g/mol. The summed E-state index contributed by atoms with van der Waals surface area (Å²) in [6.45, 7) is 1.13. The predicted octanol–water partition coefficient (Wildman–Crippen LogP) is 2.39. The van der Waals surface area contributed by atoms with Crippen molar-refractivity contribution in [2.24, 2.45) is 0 Å². The maximum absolute atomic E-state index is 12.5. The fraction of sp³-hybridized carbons (Fsp3) is 0.250. The quantitative estimate of drug-likeness (QED) is 0.663. The number of aromatic nitrogens is 2. The fourth-order valence-electron chi connectivity index (χ4n) is 2.72. The lowest BCUT2D eigenvalue weighted by molar-refractivity contribution is -0.129. The van der Waals surface area contributed by atoms with Gasteiger partial charge in [-0.15, -0.1) is 0 Å². The molecule has 0 saturated carbocycles. The molecule has 0 aliphatic carbocycles. The highest BCUT2D eigenvalue weighted by Crippen LogP contribution is 2.13. The molecule has 0 bridgehead atoms. The molecule has 0 saturated heterocycles. The fourth-order valence-corrected chi connectivity index (χ4v) is 2.72. The van der Waals surface area contributed by atoms with E-state index in [9.17, 15) is 9.59 Å². The van der Waals surface area contributed by atoms with Crippen molar-refractivity contribution in [3.05, 3.63) is 70.6 Å². The van der Waals surface area contributed by atoms with Gasteiger partial charge in [0.15, 0.2) is 0 Å². The molecule has 26 heavy (non-hydrogen) atoms. The average Bonchev–Trinajstić information content (AvgIpc) is 2.68. The maximum Gasteiger partial charge on any atom is 0.272 e. The van der Waals surface area contributed by atoms with Crippen molar-refractivity contribution in [1.82, 2.24) is 15.1 Å². The van der Waals surface area contributed by atoms with Crippen LogP contribution >= 0.6 is 0 Å². The number of carbonyl (C=O) groups excluding carboxylic acids is 1. The number of nitrogens with zero attached hydrogens (tertiary/aromatic N) is 2. The molecule has 6 nitrogen and oxygen atoms in total. The van der Waals surface area contributed by atoms with Crippen molar-refractivity contribution in [1.29, 1.82) is 0 Å². The van der Waals surface area contributed by atoms with E-state index >= 15 is 0 Å². The number of amides is 1. The van der Waals surface area contributed by atoms with Crippen molar-refractivity contribution >= 4 is 16.7 Å². The van der Waals surface area contributed by atoms with Crippen LogP contribution in [-0.2, 0) is 11.2 Å². The third kappa shape index (κ3) is 4.27. The number of carbonyl (C=O) groups is 1. The number of nitrogens with one attached hydrogen (secondary N) is 1. The summed E-state index contributed by atoms with van der Waals surface area (Å²) in [5, 5.41) is 7.78. The van der Waals surface area contributed by atoms with Gasteiger partial charge in [0, 0.05) is 19.0 Å². The standard InChI is InChI=1S/C20H21N3O3/c1-23(12-7-13-26-15-8-3-2-4-9-15)19(24)14-18-16-10-5-6-11-17(16)20(25)22-21-18/h2-6,8-11H,7,12-14H2,1H3,(H,22,25). The Morgan fingerprint density at radius 3 is 2.54 bits per heavy atom. The first-order chi connectivity index (χ1) is 12.6. The van der Waals surface area contributed by atoms with E-state index in [1.165, 1.54) is 0 Å². The molecule has 0 aliphatic heterocycles. The molecular formula is C20H21N3O3. The molecule has 0 fully saturated rings. The van der Waals surface area contributed by atoms with Gasteiger partial charge in [0.05, 0.1) is 24.1 Å². The van der Waals surface area contributed by atoms with Crippen LogP contribution < -0.4 is 10.3 Å². The Morgan fingerprint density at radius 2 is 1.77 bits per heavy atom. The molecular weight excluding hydrogens is 330 g/mol. The Labute approximate surface area is 151 Å². The second kappa shape index (κ2) is 8.29. The van der Waals surface area contributed by atoms with Gasteiger partial charge >= 0.3 is 0 Å². The van der Waals surface area contributed by atoms with Gasteiger partial charge in [0.25, 0.3) is 5.56 Å². The summed E-state index contributed by atoms with van der Waals surface area (Å²) in [6.07, 6.45) is 0.879. The second-order valence-corrected chi connectivity index (χ2v) is 6.05. The Kier molecular flexibility index (Phi) is 5.63. The molecule has 0 aliphatic rings. The van der Waals surface area contributed by atoms with E-state index in [-0.39, 0.29) is 17.9 Å². The summed E-state index contributed by atoms with van der Waals surface area (Å²) in [6, 6.07) is 16.8. The second-order valence-electron chi connectivity index (χ2n) is 6.05. The van der Waals surface area contributed by atoms with E-state index in [2.05, 4.69) is 10.2 Å². The zero-order chi connectivity index (χ0) is 18.4.